The van der Waals surface area contributed by atoms with Gasteiger partial charge in [-0.3, -0.25) is 14.4 Å². The Morgan fingerprint density at radius 2 is 1.86 bits per heavy atom. The molecule has 0 unspecified atom stereocenters. The van der Waals surface area contributed by atoms with E-state index in [0.29, 0.717) is 3.57 Å². The number of carbonyl (C=O) groups excluding carboxylic acids is 2. The van der Waals surface area contributed by atoms with Crippen molar-refractivity contribution in [3.63, 3.8) is 0 Å². The molecule has 0 saturated heterocycles. The van der Waals surface area contributed by atoms with Gasteiger partial charge in [-0.2, -0.15) is 0 Å². The van der Waals surface area contributed by atoms with Gasteiger partial charge in [0.15, 0.2) is 11.6 Å². The zero-order chi connectivity index (χ0) is 21.9. The van der Waals surface area contributed by atoms with Gasteiger partial charge in [-0.1, -0.05) is 13.8 Å². The fourth-order valence-corrected chi connectivity index (χ4v) is 2.96. The molecule has 0 aliphatic carbocycles. The number of carbonyl (C=O) groups is 2. The molecule has 0 aromatic heterocycles. The summed E-state index contributed by atoms with van der Waals surface area (Å²) in [6, 6.07) is 5.06. The van der Waals surface area contributed by atoms with Crippen molar-refractivity contribution >= 4 is 45.8 Å². The van der Waals surface area contributed by atoms with Crippen molar-refractivity contribution in [1.29, 1.82) is 0 Å². The van der Waals surface area contributed by atoms with Gasteiger partial charge in [0.05, 0.1) is 30.6 Å². The molecular formula is C19H19F3IN3O3. The molecule has 0 spiro atoms. The average Bonchev–Trinajstić information content (AvgIpc) is 2.65. The highest BCUT2D eigenvalue weighted by Gasteiger charge is 2.25. The molecule has 0 aliphatic rings. The second kappa shape index (κ2) is 9.44. The normalized spacial score (nSPS) is 10.9. The van der Waals surface area contributed by atoms with Gasteiger partial charge in [0.2, 0.25) is 5.91 Å². The van der Waals surface area contributed by atoms with E-state index in [0.717, 1.165) is 11.1 Å². The Bertz CT molecular complexity index is 954. The molecule has 2 amide bonds. The predicted molar refractivity (Wildman–Crippen MR) is 110 cm³/mol. The van der Waals surface area contributed by atoms with Crippen LogP contribution in [0.3, 0.4) is 0 Å². The summed E-state index contributed by atoms with van der Waals surface area (Å²) in [4.78, 5) is 28.9. The number of nitrogens with two attached hydrogens (primary N) is 1. The molecule has 3 N–H and O–H groups in total. The molecule has 0 saturated carbocycles. The van der Waals surface area contributed by atoms with Crippen LogP contribution in [0.4, 0.5) is 24.5 Å². The molecule has 6 nitrogen and oxygen atoms in total. The minimum atomic E-state index is -1.43. The van der Waals surface area contributed by atoms with Crippen LogP contribution in [0.15, 0.2) is 24.3 Å². The van der Waals surface area contributed by atoms with Gasteiger partial charge in [0, 0.05) is 15.1 Å². The third kappa shape index (κ3) is 5.18. The Labute approximate surface area is 179 Å². The Morgan fingerprint density at radius 1 is 1.21 bits per heavy atom. The summed E-state index contributed by atoms with van der Waals surface area (Å²) < 4.78 is 44.2. The van der Waals surface area contributed by atoms with Crippen molar-refractivity contribution in [2.45, 2.75) is 20.4 Å². The van der Waals surface area contributed by atoms with Crippen LogP contribution < -0.4 is 11.1 Å². The van der Waals surface area contributed by atoms with Crippen molar-refractivity contribution < 1.29 is 27.6 Å². The smallest absolute Gasteiger partial charge is 0.250 e. The lowest BCUT2D eigenvalue weighted by atomic mass is 10.0. The maximum Gasteiger partial charge on any atom is 0.250 e. The van der Waals surface area contributed by atoms with E-state index in [-0.39, 0.29) is 11.3 Å². The van der Waals surface area contributed by atoms with E-state index in [1.807, 2.05) is 22.6 Å². The summed E-state index contributed by atoms with van der Waals surface area (Å²) >= 11 is 1.89. The molecule has 2 rings (SSSR count). The van der Waals surface area contributed by atoms with Crippen molar-refractivity contribution in [2.75, 3.05) is 12.4 Å². The van der Waals surface area contributed by atoms with Crippen LogP contribution in [0.2, 0.25) is 0 Å². The molecular weight excluding hydrogens is 502 g/mol. The molecule has 2 aromatic rings. The highest BCUT2D eigenvalue weighted by Crippen LogP contribution is 2.31. The lowest BCUT2D eigenvalue weighted by Gasteiger charge is -2.23. The van der Waals surface area contributed by atoms with Gasteiger partial charge in [0.1, 0.15) is 5.82 Å². The first-order valence-electron chi connectivity index (χ1n) is 8.45. The molecule has 0 atom stereocenters. The number of halogens is 4. The lowest BCUT2D eigenvalue weighted by Crippen LogP contribution is -2.33. The molecule has 10 heteroatoms. The SMILES string of the molecule is CON(Cc1cc(C(N)=O)c(Nc2ccc(I)cc2F)c(F)c1F)C(=O)C(C)C. The monoisotopic (exact) mass is 521 g/mol. The number of benzene rings is 2. The summed E-state index contributed by atoms with van der Waals surface area (Å²) in [6.07, 6.45) is 0. The highest BCUT2D eigenvalue weighted by atomic mass is 127. The first-order valence-corrected chi connectivity index (χ1v) is 9.52. The van der Waals surface area contributed by atoms with Gasteiger partial charge in [-0.25, -0.2) is 18.2 Å². The summed E-state index contributed by atoms with van der Waals surface area (Å²) in [5, 5.41) is 3.23. The van der Waals surface area contributed by atoms with E-state index in [1.54, 1.807) is 19.9 Å². The Morgan fingerprint density at radius 3 is 2.38 bits per heavy atom. The second-order valence-corrected chi connectivity index (χ2v) is 7.66. The zero-order valence-electron chi connectivity index (χ0n) is 15.9. The third-order valence-electron chi connectivity index (χ3n) is 4.01. The third-order valence-corrected chi connectivity index (χ3v) is 4.68. The van der Waals surface area contributed by atoms with Gasteiger partial charge in [-0.05, 0) is 46.9 Å². The zero-order valence-corrected chi connectivity index (χ0v) is 18.0. The number of rotatable bonds is 7. The molecule has 29 heavy (non-hydrogen) atoms. The van der Waals surface area contributed by atoms with Crippen molar-refractivity contribution in [1.82, 2.24) is 5.06 Å². The van der Waals surface area contributed by atoms with E-state index >= 15 is 0 Å². The molecule has 156 valence electrons. The van der Waals surface area contributed by atoms with Crippen LogP contribution in [0, 0.1) is 26.9 Å². The number of hydrogen-bond acceptors (Lipinski definition) is 4. The number of hydroxylamine groups is 2. The van der Waals surface area contributed by atoms with Crippen LogP contribution in [0.1, 0.15) is 29.8 Å². The van der Waals surface area contributed by atoms with E-state index in [2.05, 4.69) is 5.32 Å². The fourth-order valence-electron chi connectivity index (χ4n) is 2.51. The topological polar surface area (TPSA) is 84.7 Å². The number of primary amides is 1. The molecule has 0 radical (unpaired) electrons. The van der Waals surface area contributed by atoms with Crippen molar-refractivity contribution in [2.24, 2.45) is 11.7 Å². The molecule has 2 aromatic carbocycles. The molecule has 0 fully saturated rings. The summed E-state index contributed by atoms with van der Waals surface area (Å²) in [6.45, 7) is 2.78. The van der Waals surface area contributed by atoms with Gasteiger partial charge in [0.25, 0.3) is 5.91 Å². The van der Waals surface area contributed by atoms with Crippen LogP contribution in [0.5, 0.6) is 0 Å². The first kappa shape index (κ1) is 22.9. The fraction of sp³-hybridized carbons (Fsp3) is 0.263. The van der Waals surface area contributed by atoms with Gasteiger partial charge >= 0.3 is 0 Å². The average molecular weight is 521 g/mol. The maximum absolute atomic E-state index is 14.8. The first-order chi connectivity index (χ1) is 13.6. The van der Waals surface area contributed by atoms with Gasteiger partial charge in [-0.15, -0.1) is 0 Å². The quantitative estimate of drug-likeness (QED) is 0.425. The van der Waals surface area contributed by atoms with Crippen LogP contribution in [-0.2, 0) is 16.2 Å². The number of anilines is 2. The van der Waals surface area contributed by atoms with Crippen LogP contribution in [-0.4, -0.2) is 24.0 Å². The Kier molecular flexibility index (Phi) is 7.47. The minimum absolute atomic E-state index is 0.160. The van der Waals surface area contributed by atoms with Crippen LogP contribution in [0.25, 0.3) is 0 Å². The van der Waals surface area contributed by atoms with Crippen molar-refractivity contribution in [3.8, 4) is 0 Å². The van der Waals surface area contributed by atoms with E-state index < -0.39 is 53.0 Å². The van der Waals surface area contributed by atoms with E-state index in [1.165, 1.54) is 19.2 Å². The summed E-state index contributed by atoms with van der Waals surface area (Å²) in [5.41, 5.74) is 3.84. The predicted octanol–water partition coefficient (Wildman–Crippen LogP) is 4.10. The van der Waals surface area contributed by atoms with Crippen LogP contribution >= 0.6 is 22.6 Å². The standard InChI is InChI=1S/C19H19F3IN3O3/c1-9(2)19(28)26(29-3)8-10-6-12(18(24)27)17(16(22)15(10)21)25-14-5-4-11(23)7-13(14)20/h4-7,9,25H,8H2,1-3H3,(H2,24,27). The number of amides is 2. The molecule has 0 heterocycles. The number of nitrogens with one attached hydrogen (secondary N) is 1. The number of nitrogens with zero attached hydrogens (tertiary/aromatic N) is 1. The Balaban J connectivity index is 2.51. The second-order valence-electron chi connectivity index (χ2n) is 6.41. The largest absolute Gasteiger partial charge is 0.366 e. The van der Waals surface area contributed by atoms with E-state index in [4.69, 9.17) is 10.6 Å². The molecule has 0 bridgehead atoms. The number of hydrogen-bond donors (Lipinski definition) is 2. The van der Waals surface area contributed by atoms with Crippen molar-refractivity contribution in [3.05, 3.63) is 56.4 Å². The minimum Gasteiger partial charge on any atom is -0.366 e. The molecule has 0 aliphatic heterocycles. The summed E-state index contributed by atoms with van der Waals surface area (Å²) in [7, 11) is 1.21. The Hall–Kier alpha value is -2.34. The van der Waals surface area contributed by atoms with E-state index in [9.17, 15) is 22.8 Å². The summed E-state index contributed by atoms with van der Waals surface area (Å²) in [5.74, 6) is -5.44. The van der Waals surface area contributed by atoms with Gasteiger partial charge < -0.3 is 11.1 Å². The lowest BCUT2D eigenvalue weighted by molar-refractivity contribution is -0.183. The maximum atomic E-state index is 14.8. The highest BCUT2D eigenvalue weighted by molar-refractivity contribution is 14.1.